The highest BCUT2D eigenvalue weighted by molar-refractivity contribution is 6.09. The molecular weight excluding hydrogens is 218 g/mol. The molecule has 88 valence electrons. The second-order valence-electron chi connectivity index (χ2n) is 3.74. The SMILES string of the molecule is CCCN1C(=O)O/C(=C\c2ccccc2)C1=O. The first kappa shape index (κ1) is 11.4. The van der Waals surface area contributed by atoms with Crippen molar-refractivity contribution in [3.8, 4) is 0 Å². The molecular formula is C13H13NO3. The Morgan fingerprint density at radius 1 is 1.24 bits per heavy atom. The second-order valence-corrected chi connectivity index (χ2v) is 3.74. The van der Waals surface area contributed by atoms with Crippen LogP contribution in [0, 0.1) is 0 Å². The lowest BCUT2D eigenvalue weighted by atomic mass is 10.2. The van der Waals surface area contributed by atoms with E-state index in [1.54, 1.807) is 6.08 Å². The van der Waals surface area contributed by atoms with Crippen LogP contribution >= 0.6 is 0 Å². The molecule has 1 aromatic rings. The van der Waals surface area contributed by atoms with Crippen molar-refractivity contribution in [2.24, 2.45) is 0 Å². The lowest BCUT2D eigenvalue weighted by Crippen LogP contribution is -2.29. The van der Waals surface area contributed by atoms with E-state index in [1.165, 1.54) is 0 Å². The van der Waals surface area contributed by atoms with Crippen LogP contribution in [0.3, 0.4) is 0 Å². The van der Waals surface area contributed by atoms with Crippen molar-refractivity contribution >= 4 is 18.1 Å². The summed E-state index contributed by atoms with van der Waals surface area (Å²) in [5, 5.41) is 0. The number of ether oxygens (including phenoxy) is 1. The van der Waals surface area contributed by atoms with Crippen LogP contribution in [0.15, 0.2) is 36.1 Å². The highest BCUT2D eigenvalue weighted by Crippen LogP contribution is 2.19. The van der Waals surface area contributed by atoms with Gasteiger partial charge in [-0.2, -0.15) is 0 Å². The first-order chi connectivity index (χ1) is 8.22. The van der Waals surface area contributed by atoms with E-state index in [9.17, 15) is 9.59 Å². The van der Waals surface area contributed by atoms with E-state index in [-0.39, 0.29) is 11.7 Å². The van der Waals surface area contributed by atoms with Gasteiger partial charge in [0.2, 0.25) is 0 Å². The van der Waals surface area contributed by atoms with Crippen LogP contribution in [0.25, 0.3) is 6.08 Å². The van der Waals surface area contributed by atoms with Crippen molar-refractivity contribution in [1.82, 2.24) is 4.90 Å². The maximum atomic E-state index is 11.8. The summed E-state index contributed by atoms with van der Waals surface area (Å²) in [7, 11) is 0. The summed E-state index contributed by atoms with van der Waals surface area (Å²) in [6, 6.07) is 9.29. The summed E-state index contributed by atoms with van der Waals surface area (Å²) in [6.07, 6.45) is 1.72. The van der Waals surface area contributed by atoms with Crippen LogP contribution in [0.1, 0.15) is 18.9 Å². The molecule has 0 aliphatic carbocycles. The van der Waals surface area contributed by atoms with Gasteiger partial charge in [0.05, 0.1) is 0 Å². The average molecular weight is 231 g/mol. The summed E-state index contributed by atoms with van der Waals surface area (Å²) in [5.41, 5.74) is 0.835. The largest absolute Gasteiger partial charge is 0.422 e. The van der Waals surface area contributed by atoms with Crippen molar-refractivity contribution in [3.63, 3.8) is 0 Å². The highest BCUT2D eigenvalue weighted by atomic mass is 16.6. The Labute approximate surface area is 99.5 Å². The second kappa shape index (κ2) is 4.82. The van der Waals surface area contributed by atoms with Gasteiger partial charge in [0.1, 0.15) is 0 Å². The van der Waals surface area contributed by atoms with E-state index < -0.39 is 6.09 Å². The fourth-order valence-electron chi connectivity index (χ4n) is 1.62. The van der Waals surface area contributed by atoms with Gasteiger partial charge >= 0.3 is 6.09 Å². The molecule has 1 fully saturated rings. The van der Waals surface area contributed by atoms with Gasteiger partial charge < -0.3 is 4.74 Å². The van der Waals surface area contributed by atoms with Gasteiger partial charge in [-0.3, -0.25) is 4.79 Å². The molecule has 0 radical (unpaired) electrons. The maximum absolute atomic E-state index is 11.8. The molecule has 0 unspecified atom stereocenters. The Morgan fingerprint density at radius 2 is 1.94 bits per heavy atom. The highest BCUT2D eigenvalue weighted by Gasteiger charge is 2.35. The molecule has 0 atom stereocenters. The van der Waals surface area contributed by atoms with Crippen molar-refractivity contribution in [2.75, 3.05) is 6.54 Å². The molecule has 0 N–H and O–H groups in total. The molecule has 4 nitrogen and oxygen atoms in total. The van der Waals surface area contributed by atoms with E-state index in [1.807, 2.05) is 37.3 Å². The van der Waals surface area contributed by atoms with E-state index in [0.717, 1.165) is 16.9 Å². The predicted molar refractivity (Wildman–Crippen MR) is 62.9 cm³/mol. The van der Waals surface area contributed by atoms with Crippen LogP contribution in [0.4, 0.5) is 4.79 Å². The van der Waals surface area contributed by atoms with E-state index >= 15 is 0 Å². The summed E-state index contributed by atoms with van der Waals surface area (Å²) in [6.45, 7) is 2.29. The zero-order chi connectivity index (χ0) is 12.3. The van der Waals surface area contributed by atoms with Gasteiger partial charge in [-0.25, -0.2) is 9.69 Å². The molecule has 0 bridgehead atoms. The molecule has 0 spiro atoms. The Balaban J connectivity index is 2.22. The molecule has 1 heterocycles. The van der Waals surface area contributed by atoms with Crippen LogP contribution in [-0.2, 0) is 9.53 Å². The van der Waals surface area contributed by atoms with Crippen LogP contribution in [0.2, 0.25) is 0 Å². The topological polar surface area (TPSA) is 46.6 Å². The van der Waals surface area contributed by atoms with Crippen molar-refractivity contribution < 1.29 is 14.3 Å². The molecule has 0 aromatic heterocycles. The lowest BCUT2D eigenvalue weighted by Gasteiger charge is -2.06. The number of amides is 2. The van der Waals surface area contributed by atoms with E-state index in [2.05, 4.69) is 0 Å². The first-order valence-electron chi connectivity index (χ1n) is 5.53. The standard InChI is InChI=1S/C13H13NO3/c1-2-8-14-12(15)11(17-13(14)16)9-10-6-4-3-5-7-10/h3-7,9H,2,8H2,1H3/b11-9-. The Bertz CT molecular complexity index is 465. The molecule has 4 heteroatoms. The third-order valence-corrected chi connectivity index (χ3v) is 2.42. The van der Waals surface area contributed by atoms with Crippen LogP contribution in [0.5, 0.6) is 0 Å². The number of cyclic esters (lactones) is 1. The monoisotopic (exact) mass is 231 g/mol. The number of rotatable bonds is 3. The third-order valence-electron chi connectivity index (χ3n) is 2.42. The summed E-state index contributed by atoms with van der Waals surface area (Å²) in [4.78, 5) is 24.4. The van der Waals surface area contributed by atoms with Crippen LogP contribution < -0.4 is 0 Å². The number of carbonyl (C=O) groups is 2. The van der Waals surface area contributed by atoms with Crippen LogP contribution in [-0.4, -0.2) is 23.4 Å². The minimum Gasteiger partial charge on any atom is -0.404 e. The zero-order valence-electron chi connectivity index (χ0n) is 9.55. The van der Waals surface area contributed by atoms with Gasteiger partial charge in [-0.05, 0) is 18.1 Å². The van der Waals surface area contributed by atoms with Gasteiger partial charge in [0.25, 0.3) is 5.91 Å². The third kappa shape index (κ3) is 2.36. The molecule has 1 aliphatic rings. The number of benzene rings is 1. The molecule has 1 aliphatic heterocycles. The molecule has 2 amide bonds. The number of hydrogen-bond acceptors (Lipinski definition) is 3. The number of carbonyl (C=O) groups excluding carboxylic acids is 2. The number of imide groups is 1. The summed E-state index contributed by atoms with van der Waals surface area (Å²) in [5.74, 6) is -0.268. The van der Waals surface area contributed by atoms with Crippen molar-refractivity contribution in [2.45, 2.75) is 13.3 Å². The van der Waals surface area contributed by atoms with Gasteiger partial charge in [-0.15, -0.1) is 0 Å². The fraction of sp³-hybridized carbons (Fsp3) is 0.231. The molecule has 1 aromatic carbocycles. The Hall–Kier alpha value is -2.10. The molecule has 17 heavy (non-hydrogen) atoms. The Morgan fingerprint density at radius 3 is 2.59 bits per heavy atom. The van der Waals surface area contributed by atoms with E-state index in [0.29, 0.717) is 6.54 Å². The minimum absolute atomic E-state index is 0.0923. The zero-order valence-corrected chi connectivity index (χ0v) is 9.55. The van der Waals surface area contributed by atoms with Gasteiger partial charge in [-0.1, -0.05) is 37.3 Å². The van der Waals surface area contributed by atoms with Gasteiger partial charge in [0.15, 0.2) is 5.76 Å². The quantitative estimate of drug-likeness (QED) is 0.750. The fourth-order valence-corrected chi connectivity index (χ4v) is 1.62. The normalized spacial score (nSPS) is 17.7. The summed E-state index contributed by atoms with van der Waals surface area (Å²) >= 11 is 0. The first-order valence-corrected chi connectivity index (χ1v) is 5.53. The van der Waals surface area contributed by atoms with Gasteiger partial charge in [0, 0.05) is 6.54 Å². The predicted octanol–water partition coefficient (Wildman–Crippen LogP) is 2.42. The molecule has 2 rings (SSSR count). The van der Waals surface area contributed by atoms with E-state index in [4.69, 9.17) is 4.74 Å². The lowest BCUT2D eigenvalue weighted by molar-refractivity contribution is -0.123. The maximum Gasteiger partial charge on any atom is 0.422 e. The minimum atomic E-state index is -0.584. The van der Waals surface area contributed by atoms with Crippen molar-refractivity contribution in [1.29, 1.82) is 0 Å². The Kier molecular flexibility index (Phi) is 3.23. The average Bonchev–Trinajstić information content (AvgIpc) is 2.59. The van der Waals surface area contributed by atoms with Crippen molar-refractivity contribution in [3.05, 3.63) is 41.7 Å². The number of nitrogens with zero attached hydrogens (tertiary/aromatic N) is 1. The summed E-state index contributed by atoms with van der Waals surface area (Å²) < 4.78 is 4.94. The molecule has 1 saturated heterocycles. The molecule has 0 saturated carbocycles. The smallest absolute Gasteiger partial charge is 0.404 e. The number of hydrogen-bond donors (Lipinski definition) is 0.